The van der Waals surface area contributed by atoms with Gasteiger partial charge in [-0.2, -0.15) is 0 Å². The number of anilines is 1. The van der Waals surface area contributed by atoms with Crippen LogP contribution in [0.5, 0.6) is 0 Å². The summed E-state index contributed by atoms with van der Waals surface area (Å²) in [7, 11) is -3.86. The van der Waals surface area contributed by atoms with Gasteiger partial charge in [-0.15, -0.1) is 0 Å². The normalized spacial score (nSPS) is 11.7. The summed E-state index contributed by atoms with van der Waals surface area (Å²) >= 11 is 6.16. The Bertz CT molecular complexity index is 1420. The molecule has 0 aliphatic rings. The van der Waals surface area contributed by atoms with Crippen LogP contribution in [0.4, 0.5) is 5.69 Å². The molecule has 160 valence electrons. The molecule has 4 rings (SSSR count). The molecule has 0 unspecified atom stereocenters. The van der Waals surface area contributed by atoms with Crippen molar-refractivity contribution < 1.29 is 8.42 Å². The van der Waals surface area contributed by atoms with Crippen molar-refractivity contribution >= 4 is 38.2 Å². The Hall–Kier alpha value is -3.03. The second-order valence-electron chi connectivity index (χ2n) is 7.54. The molecule has 0 saturated carbocycles. The van der Waals surface area contributed by atoms with E-state index in [1.54, 1.807) is 48.9 Å². The molecule has 0 aliphatic carbocycles. The highest BCUT2D eigenvalue weighted by atomic mass is 35.5. The SMILES string of the molecule is Cc1cc(Cl)c(C)c(S(=O)(=O)Nc2ccc3c(c2)c(=O)[nH]n3CCc2ccccc2)c1. The molecular weight excluding hydrogens is 434 g/mol. The van der Waals surface area contributed by atoms with Crippen LogP contribution in [-0.2, 0) is 23.0 Å². The highest BCUT2D eigenvalue weighted by Crippen LogP contribution is 2.27. The van der Waals surface area contributed by atoms with Crippen LogP contribution in [0.2, 0.25) is 5.02 Å². The van der Waals surface area contributed by atoms with E-state index in [9.17, 15) is 13.2 Å². The minimum absolute atomic E-state index is 0.118. The van der Waals surface area contributed by atoms with E-state index in [-0.39, 0.29) is 10.5 Å². The van der Waals surface area contributed by atoms with Crippen LogP contribution in [-0.4, -0.2) is 18.2 Å². The summed E-state index contributed by atoms with van der Waals surface area (Å²) in [6, 6.07) is 18.2. The molecule has 0 aliphatic heterocycles. The number of halogens is 1. The monoisotopic (exact) mass is 455 g/mol. The van der Waals surface area contributed by atoms with Crippen LogP contribution in [0, 0.1) is 13.8 Å². The first-order chi connectivity index (χ1) is 14.7. The minimum atomic E-state index is -3.86. The van der Waals surface area contributed by atoms with Gasteiger partial charge in [0.05, 0.1) is 15.8 Å². The van der Waals surface area contributed by atoms with E-state index in [2.05, 4.69) is 9.82 Å². The Morgan fingerprint density at radius 1 is 1.03 bits per heavy atom. The molecule has 8 heteroatoms. The van der Waals surface area contributed by atoms with Gasteiger partial charge in [-0.3, -0.25) is 19.3 Å². The predicted molar refractivity (Wildman–Crippen MR) is 124 cm³/mol. The van der Waals surface area contributed by atoms with Gasteiger partial charge in [0.1, 0.15) is 0 Å². The van der Waals surface area contributed by atoms with Gasteiger partial charge >= 0.3 is 0 Å². The zero-order chi connectivity index (χ0) is 22.2. The van der Waals surface area contributed by atoms with Crippen LogP contribution in [0.25, 0.3) is 10.9 Å². The van der Waals surface area contributed by atoms with Crippen molar-refractivity contribution in [2.24, 2.45) is 0 Å². The Morgan fingerprint density at radius 2 is 1.77 bits per heavy atom. The largest absolute Gasteiger partial charge is 0.284 e. The summed E-state index contributed by atoms with van der Waals surface area (Å²) in [4.78, 5) is 12.6. The number of aromatic nitrogens is 2. The lowest BCUT2D eigenvalue weighted by molar-refractivity contribution is 0.600. The van der Waals surface area contributed by atoms with Crippen LogP contribution in [0.15, 0.2) is 70.4 Å². The number of sulfonamides is 1. The summed E-state index contributed by atoms with van der Waals surface area (Å²) in [5.41, 5.74) is 3.17. The Kier molecular flexibility index (Phi) is 5.64. The number of hydrogen-bond acceptors (Lipinski definition) is 3. The van der Waals surface area contributed by atoms with Crippen molar-refractivity contribution in [2.75, 3.05) is 4.72 Å². The number of aryl methyl sites for hydroxylation is 3. The van der Waals surface area contributed by atoms with Crippen molar-refractivity contribution in [3.63, 3.8) is 0 Å². The van der Waals surface area contributed by atoms with Crippen molar-refractivity contribution in [2.45, 2.75) is 31.7 Å². The molecule has 1 heterocycles. The van der Waals surface area contributed by atoms with Gasteiger partial charge in [-0.25, -0.2) is 8.42 Å². The lowest BCUT2D eigenvalue weighted by atomic mass is 10.1. The molecular formula is C23H22ClN3O3S. The number of aromatic amines is 1. The average Bonchev–Trinajstić information content (AvgIpc) is 3.04. The third-order valence-electron chi connectivity index (χ3n) is 5.22. The van der Waals surface area contributed by atoms with Crippen molar-refractivity contribution in [3.05, 3.63) is 92.7 Å². The lowest BCUT2D eigenvalue weighted by Crippen LogP contribution is -2.15. The summed E-state index contributed by atoms with van der Waals surface area (Å²) in [6.45, 7) is 4.06. The number of fused-ring (bicyclic) bond motifs is 1. The molecule has 2 N–H and O–H groups in total. The number of nitrogens with one attached hydrogen (secondary N) is 2. The first-order valence-corrected chi connectivity index (χ1v) is 11.7. The van der Waals surface area contributed by atoms with Crippen LogP contribution < -0.4 is 10.3 Å². The van der Waals surface area contributed by atoms with E-state index in [0.29, 0.717) is 28.2 Å². The molecule has 0 saturated heterocycles. The summed E-state index contributed by atoms with van der Waals surface area (Å²) in [6.07, 6.45) is 0.766. The van der Waals surface area contributed by atoms with Crippen LogP contribution >= 0.6 is 11.6 Å². The minimum Gasteiger partial charge on any atom is -0.284 e. The molecule has 0 fully saturated rings. The fraction of sp³-hybridized carbons (Fsp3) is 0.174. The van der Waals surface area contributed by atoms with Gasteiger partial charge in [0.2, 0.25) is 0 Å². The Morgan fingerprint density at radius 3 is 2.52 bits per heavy atom. The van der Waals surface area contributed by atoms with E-state index in [1.807, 2.05) is 30.3 Å². The summed E-state index contributed by atoms with van der Waals surface area (Å²) < 4.78 is 30.3. The van der Waals surface area contributed by atoms with Crippen LogP contribution in [0.3, 0.4) is 0 Å². The predicted octanol–water partition coefficient (Wildman–Crippen LogP) is 4.64. The maximum absolute atomic E-state index is 13.0. The molecule has 6 nitrogen and oxygen atoms in total. The van der Waals surface area contributed by atoms with Crippen molar-refractivity contribution in [3.8, 4) is 0 Å². The maximum atomic E-state index is 13.0. The molecule has 1 aromatic heterocycles. The molecule has 0 radical (unpaired) electrons. The van der Waals surface area contributed by atoms with Gasteiger partial charge in [0.25, 0.3) is 15.6 Å². The number of benzene rings is 3. The number of nitrogens with zero attached hydrogens (tertiary/aromatic N) is 1. The van der Waals surface area contributed by atoms with Gasteiger partial charge in [0.15, 0.2) is 0 Å². The maximum Gasteiger partial charge on any atom is 0.272 e. The Balaban J connectivity index is 1.63. The first-order valence-electron chi connectivity index (χ1n) is 9.81. The standard InChI is InChI=1S/C23H22ClN3O3S/c1-15-12-20(24)16(2)22(13-15)31(29,30)26-18-8-9-21-19(14-18)23(28)25-27(21)11-10-17-6-4-3-5-7-17/h3-9,12-14,26H,10-11H2,1-2H3,(H,25,28). The number of hydrogen-bond donors (Lipinski definition) is 2. The van der Waals surface area contributed by atoms with Gasteiger partial charge < -0.3 is 0 Å². The zero-order valence-corrected chi connectivity index (χ0v) is 18.7. The zero-order valence-electron chi connectivity index (χ0n) is 17.1. The molecule has 0 atom stereocenters. The van der Waals surface area contributed by atoms with E-state index >= 15 is 0 Å². The fourth-order valence-corrected chi connectivity index (χ4v) is 5.32. The topological polar surface area (TPSA) is 84.0 Å². The number of rotatable bonds is 6. The smallest absolute Gasteiger partial charge is 0.272 e. The van der Waals surface area contributed by atoms with E-state index in [1.165, 1.54) is 5.56 Å². The van der Waals surface area contributed by atoms with E-state index < -0.39 is 10.0 Å². The Labute approximate surface area is 185 Å². The van der Waals surface area contributed by atoms with Crippen molar-refractivity contribution in [1.29, 1.82) is 0 Å². The van der Waals surface area contributed by atoms with Gasteiger partial charge in [-0.1, -0.05) is 41.9 Å². The first kappa shape index (κ1) is 21.2. The average molecular weight is 456 g/mol. The van der Waals surface area contributed by atoms with Gasteiger partial charge in [-0.05, 0) is 67.3 Å². The molecule has 0 spiro atoms. The number of H-pyrrole nitrogens is 1. The molecule has 0 amide bonds. The third-order valence-corrected chi connectivity index (χ3v) is 7.12. The third kappa shape index (κ3) is 4.38. The second kappa shape index (κ2) is 8.24. The quantitative estimate of drug-likeness (QED) is 0.444. The molecule has 3 aromatic carbocycles. The highest BCUT2D eigenvalue weighted by Gasteiger charge is 2.20. The van der Waals surface area contributed by atoms with Gasteiger partial charge in [0, 0.05) is 17.3 Å². The van der Waals surface area contributed by atoms with E-state index in [0.717, 1.165) is 17.5 Å². The van der Waals surface area contributed by atoms with E-state index in [4.69, 9.17) is 11.6 Å². The summed E-state index contributed by atoms with van der Waals surface area (Å²) in [5, 5.41) is 3.65. The summed E-state index contributed by atoms with van der Waals surface area (Å²) in [5.74, 6) is 0. The lowest BCUT2D eigenvalue weighted by Gasteiger charge is -2.12. The fourth-order valence-electron chi connectivity index (χ4n) is 3.59. The molecule has 4 aromatic rings. The molecule has 31 heavy (non-hydrogen) atoms. The molecule has 0 bridgehead atoms. The highest BCUT2D eigenvalue weighted by molar-refractivity contribution is 7.92. The van der Waals surface area contributed by atoms with Crippen LogP contribution in [0.1, 0.15) is 16.7 Å². The van der Waals surface area contributed by atoms with Crippen molar-refractivity contribution in [1.82, 2.24) is 9.78 Å². The second-order valence-corrected chi connectivity index (χ2v) is 9.59.